The predicted molar refractivity (Wildman–Crippen MR) is 85.0 cm³/mol. The SMILES string of the molecule is CN(C)C(=O)CO[C@H]1CO[C@]2(CCCN(Cc3ccoc3)C2)C1. The van der Waals surface area contributed by atoms with Gasteiger partial charge in [-0.2, -0.15) is 0 Å². The molecule has 2 aliphatic heterocycles. The lowest BCUT2D eigenvalue weighted by Gasteiger charge is -2.39. The number of piperidine rings is 1. The molecule has 0 saturated carbocycles. The van der Waals surface area contributed by atoms with E-state index >= 15 is 0 Å². The number of furan rings is 1. The zero-order valence-electron chi connectivity index (χ0n) is 14.0. The van der Waals surface area contributed by atoms with Crippen LogP contribution in [0.5, 0.6) is 0 Å². The second-order valence-electron chi connectivity index (χ2n) is 6.87. The van der Waals surface area contributed by atoms with Crippen molar-refractivity contribution in [1.29, 1.82) is 0 Å². The lowest BCUT2D eigenvalue weighted by Crippen LogP contribution is -2.47. The Bertz CT molecular complexity index is 517. The average molecular weight is 322 g/mol. The Morgan fingerprint density at radius 2 is 2.39 bits per heavy atom. The molecule has 3 rings (SSSR count). The summed E-state index contributed by atoms with van der Waals surface area (Å²) < 4.78 is 17.0. The van der Waals surface area contributed by atoms with Crippen LogP contribution in [0.4, 0.5) is 0 Å². The van der Waals surface area contributed by atoms with Gasteiger partial charge in [0.2, 0.25) is 5.91 Å². The molecule has 1 amide bonds. The van der Waals surface area contributed by atoms with Gasteiger partial charge in [-0.05, 0) is 25.5 Å². The van der Waals surface area contributed by atoms with Crippen molar-refractivity contribution in [2.45, 2.75) is 37.5 Å². The van der Waals surface area contributed by atoms with E-state index in [2.05, 4.69) is 4.90 Å². The van der Waals surface area contributed by atoms with Crippen LogP contribution in [0, 0.1) is 0 Å². The number of carbonyl (C=O) groups is 1. The zero-order valence-corrected chi connectivity index (χ0v) is 14.0. The maximum atomic E-state index is 11.6. The lowest BCUT2D eigenvalue weighted by atomic mass is 9.89. The van der Waals surface area contributed by atoms with Crippen molar-refractivity contribution < 1.29 is 18.7 Å². The molecule has 1 aromatic heterocycles. The number of amides is 1. The number of hydrogen-bond acceptors (Lipinski definition) is 5. The highest BCUT2D eigenvalue weighted by atomic mass is 16.6. The zero-order chi connectivity index (χ0) is 16.3. The third kappa shape index (κ3) is 4.13. The summed E-state index contributed by atoms with van der Waals surface area (Å²) in [6, 6.07) is 2.01. The highest BCUT2D eigenvalue weighted by Gasteiger charge is 2.44. The van der Waals surface area contributed by atoms with E-state index in [1.54, 1.807) is 31.5 Å². The number of likely N-dealkylation sites (N-methyl/N-ethyl adjacent to an activating group) is 1. The lowest BCUT2D eigenvalue weighted by molar-refractivity contribution is -0.135. The van der Waals surface area contributed by atoms with Crippen LogP contribution in [-0.2, 0) is 20.8 Å². The third-order valence-corrected chi connectivity index (χ3v) is 4.72. The van der Waals surface area contributed by atoms with Gasteiger partial charge in [0.15, 0.2) is 0 Å². The molecule has 0 unspecified atom stereocenters. The molecule has 2 atom stereocenters. The van der Waals surface area contributed by atoms with Crippen molar-refractivity contribution in [3.8, 4) is 0 Å². The number of rotatable bonds is 5. The average Bonchev–Trinajstić information content (AvgIpc) is 3.15. The van der Waals surface area contributed by atoms with E-state index in [0.717, 1.165) is 38.9 Å². The topological polar surface area (TPSA) is 55.2 Å². The Kier molecular flexibility index (Phi) is 5.04. The molecule has 0 aromatic carbocycles. The van der Waals surface area contributed by atoms with E-state index in [9.17, 15) is 4.79 Å². The molecule has 1 aromatic rings. The predicted octanol–water partition coefficient (Wildman–Crippen LogP) is 1.51. The Hall–Kier alpha value is -1.37. The molecule has 6 heteroatoms. The van der Waals surface area contributed by atoms with E-state index in [0.29, 0.717) is 6.61 Å². The second kappa shape index (κ2) is 7.03. The Morgan fingerprint density at radius 1 is 1.52 bits per heavy atom. The van der Waals surface area contributed by atoms with Gasteiger partial charge in [0.25, 0.3) is 0 Å². The van der Waals surface area contributed by atoms with Crippen LogP contribution in [0.3, 0.4) is 0 Å². The fraction of sp³-hybridized carbons (Fsp3) is 0.706. The first-order chi connectivity index (χ1) is 11.1. The summed E-state index contributed by atoms with van der Waals surface area (Å²) in [5, 5.41) is 0. The number of hydrogen-bond donors (Lipinski definition) is 0. The normalized spacial score (nSPS) is 28.3. The largest absolute Gasteiger partial charge is 0.472 e. The molecule has 6 nitrogen and oxygen atoms in total. The van der Waals surface area contributed by atoms with Crippen molar-refractivity contribution in [2.24, 2.45) is 0 Å². The van der Waals surface area contributed by atoms with Crippen LogP contribution in [-0.4, -0.2) is 67.8 Å². The van der Waals surface area contributed by atoms with Gasteiger partial charge in [-0.15, -0.1) is 0 Å². The number of likely N-dealkylation sites (tertiary alicyclic amines) is 1. The van der Waals surface area contributed by atoms with Crippen molar-refractivity contribution in [3.05, 3.63) is 24.2 Å². The first-order valence-corrected chi connectivity index (χ1v) is 8.25. The van der Waals surface area contributed by atoms with Gasteiger partial charge in [-0.3, -0.25) is 9.69 Å². The van der Waals surface area contributed by atoms with Crippen LogP contribution in [0.1, 0.15) is 24.8 Å². The van der Waals surface area contributed by atoms with Crippen molar-refractivity contribution in [2.75, 3.05) is 40.4 Å². The van der Waals surface area contributed by atoms with Gasteiger partial charge in [0.05, 0.1) is 30.8 Å². The van der Waals surface area contributed by atoms with Gasteiger partial charge in [-0.25, -0.2) is 0 Å². The molecule has 2 aliphatic rings. The van der Waals surface area contributed by atoms with E-state index in [1.807, 2.05) is 6.07 Å². The van der Waals surface area contributed by atoms with Crippen molar-refractivity contribution >= 4 is 5.91 Å². The summed E-state index contributed by atoms with van der Waals surface area (Å²) in [5.41, 5.74) is 1.08. The van der Waals surface area contributed by atoms with Gasteiger partial charge in [0.1, 0.15) is 6.61 Å². The van der Waals surface area contributed by atoms with E-state index < -0.39 is 0 Å². The first-order valence-electron chi connectivity index (χ1n) is 8.25. The third-order valence-electron chi connectivity index (χ3n) is 4.72. The number of nitrogens with zero attached hydrogens (tertiary/aromatic N) is 2. The molecule has 2 fully saturated rings. The molecule has 0 bridgehead atoms. The molecule has 2 saturated heterocycles. The standard InChI is InChI=1S/C17H26N2O4/c1-18(2)16(20)12-22-15-8-17(23-11-15)5-3-6-19(13-17)9-14-4-7-21-10-14/h4,7,10,15H,3,5-6,8-9,11-13H2,1-2H3/t15-,17-/m1/s1. The van der Waals surface area contributed by atoms with E-state index in [1.165, 1.54) is 5.56 Å². The van der Waals surface area contributed by atoms with Gasteiger partial charge in [-0.1, -0.05) is 0 Å². The molecule has 0 radical (unpaired) electrons. The summed E-state index contributed by atoms with van der Waals surface area (Å²) in [5.74, 6) is -0.00354. The minimum absolute atomic E-state index is 0.00354. The molecule has 1 spiro atoms. The van der Waals surface area contributed by atoms with Crippen molar-refractivity contribution in [3.63, 3.8) is 0 Å². The fourth-order valence-electron chi connectivity index (χ4n) is 3.48. The first kappa shape index (κ1) is 16.5. The smallest absolute Gasteiger partial charge is 0.248 e. The molecule has 0 aliphatic carbocycles. The maximum absolute atomic E-state index is 11.6. The summed E-state index contributed by atoms with van der Waals surface area (Å²) in [6.45, 7) is 3.61. The van der Waals surface area contributed by atoms with Gasteiger partial charge in [0, 0.05) is 39.2 Å². The number of ether oxygens (including phenoxy) is 2. The summed E-state index contributed by atoms with van der Waals surface area (Å²) >= 11 is 0. The monoisotopic (exact) mass is 322 g/mol. The highest BCUT2D eigenvalue weighted by Crippen LogP contribution is 2.36. The Labute approximate surface area is 137 Å². The minimum atomic E-state index is -0.117. The Morgan fingerprint density at radius 3 is 3.13 bits per heavy atom. The molecule has 23 heavy (non-hydrogen) atoms. The van der Waals surface area contributed by atoms with Crippen LogP contribution in [0.15, 0.2) is 23.0 Å². The molecule has 128 valence electrons. The van der Waals surface area contributed by atoms with Crippen molar-refractivity contribution in [1.82, 2.24) is 9.80 Å². The summed E-state index contributed by atoms with van der Waals surface area (Å²) in [6.07, 6.45) is 6.60. The summed E-state index contributed by atoms with van der Waals surface area (Å²) in [7, 11) is 3.49. The summed E-state index contributed by atoms with van der Waals surface area (Å²) in [4.78, 5) is 15.6. The van der Waals surface area contributed by atoms with Gasteiger partial charge < -0.3 is 18.8 Å². The highest BCUT2D eigenvalue weighted by molar-refractivity contribution is 5.76. The maximum Gasteiger partial charge on any atom is 0.248 e. The van der Waals surface area contributed by atoms with E-state index in [4.69, 9.17) is 13.9 Å². The molecule has 0 N–H and O–H groups in total. The molecule has 3 heterocycles. The second-order valence-corrected chi connectivity index (χ2v) is 6.87. The van der Waals surface area contributed by atoms with Crippen LogP contribution in [0.25, 0.3) is 0 Å². The molecular formula is C17H26N2O4. The number of carbonyl (C=O) groups excluding carboxylic acids is 1. The van der Waals surface area contributed by atoms with Crippen LogP contribution >= 0.6 is 0 Å². The Balaban J connectivity index is 1.50. The van der Waals surface area contributed by atoms with Crippen LogP contribution in [0.2, 0.25) is 0 Å². The van der Waals surface area contributed by atoms with E-state index in [-0.39, 0.29) is 24.2 Å². The quantitative estimate of drug-likeness (QED) is 0.822. The molecular weight excluding hydrogens is 296 g/mol. The minimum Gasteiger partial charge on any atom is -0.472 e. The fourth-order valence-corrected chi connectivity index (χ4v) is 3.48. The van der Waals surface area contributed by atoms with Crippen LogP contribution < -0.4 is 0 Å². The van der Waals surface area contributed by atoms with Gasteiger partial charge >= 0.3 is 0 Å².